The van der Waals surface area contributed by atoms with Gasteiger partial charge in [0.15, 0.2) is 0 Å². The molecule has 0 spiro atoms. The fourth-order valence-corrected chi connectivity index (χ4v) is 2.39. The highest BCUT2D eigenvalue weighted by molar-refractivity contribution is 5.76. The molecule has 1 fully saturated rings. The molecule has 0 atom stereocenters. The van der Waals surface area contributed by atoms with Crippen LogP contribution in [0.4, 0.5) is 0 Å². The highest BCUT2D eigenvalue weighted by Crippen LogP contribution is 2.08. The Morgan fingerprint density at radius 2 is 2.00 bits per heavy atom. The Morgan fingerprint density at radius 1 is 1.30 bits per heavy atom. The Morgan fingerprint density at radius 3 is 2.60 bits per heavy atom. The molecule has 1 heterocycles. The third-order valence-electron chi connectivity index (χ3n) is 3.46. The van der Waals surface area contributed by atoms with Gasteiger partial charge < -0.3 is 19.7 Å². The molecule has 1 aliphatic heterocycles. The summed E-state index contributed by atoms with van der Waals surface area (Å²) in [6.07, 6.45) is 2.89. The topological polar surface area (TPSA) is 50.8 Å². The van der Waals surface area contributed by atoms with E-state index in [1.54, 1.807) is 7.11 Å². The van der Waals surface area contributed by atoms with E-state index in [1.165, 1.54) is 0 Å². The minimum atomic E-state index is 0.171. The lowest BCUT2D eigenvalue weighted by Crippen LogP contribution is -2.38. The number of rotatable bonds is 9. The van der Waals surface area contributed by atoms with E-state index in [4.69, 9.17) is 9.47 Å². The largest absolute Gasteiger partial charge is 0.383 e. The van der Waals surface area contributed by atoms with Crippen molar-refractivity contribution < 1.29 is 14.3 Å². The van der Waals surface area contributed by atoms with E-state index < -0.39 is 0 Å². The lowest BCUT2D eigenvalue weighted by molar-refractivity contribution is -0.134. The zero-order valence-electron chi connectivity index (χ0n) is 13.2. The fourth-order valence-electron chi connectivity index (χ4n) is 2.39. The zero-order valence-corrected chi connectivity index (χ0v) is 13.2. The van der Waals surface area contributed by atoms with Crippen molar-refractivity contribution in [1.29, 1.82) is 0 Å². The first-order chi connectivity index (χ1) is 9.63. The highest BCUT2D eigenvalue weighted by atomic mass is 16.5. The molecule has 0 aromatic rings. The molecule has 20 heavy (non-hydrogen) atoms. The van der Waals surface area contributed by atoms with E-state index in [-0.39, 0.29) is 5.91 Å². The van der Waals surface area contributed by atoms with Gasteiger partial charge in [0.2, 0.25) is 5.91 Å². The van der Waals surface area contributed by atoms with Gasteiger partial charge in [0.05, 0.1) is 25.7 Å². The monoisotopic (exact) mass is 286 g/mol. The molecule has 0 bridgehead atoms. The molecule has 1 aliphatic rings. The number of hydrogen-bond acceptors (Lipinski definition) is 4. The second kappa shape index (κ2) is 10.1. The van der Waals surface area contributed by atoms with Gasteiger partial charge in [-0.05, 0) is 31.8 Å². The minimum Gasteiger partial charge on any atom is -0.383 e. The normalized spacial score (nSPS) is 16.6. The van der Waals surface area contributed by atoms with Crippen LogP contribution < -0.4 is 5.32 Å². The first-order valence-corrected chi connectivity index (χ1v) is 7.72. The molecule has 0 saturated carbocycles. The van der Waals surface area contributed by atoms with Gasteiger partial charge in [-0.3, -0.25) is 4.79 Å². The van der Waals surface area contributed by atoms with Crippen molar-refractivity contribution in [2.75, 3.05) is 46.5 Å². The molecule has 1 rings (SSSR count). The van der Waals surface area contributed by atoms with Crippen LogP contribution in [-0.2, 0) is 14.3 Å². The average Bonchev–Trinajstić information content (AvgIpc) is 2.44. The number of nitrogens with one attached hydrogen (secondary N) is 1. The van der Waals surface area contributed by atoms with Crippen LogP contribution in [-0.4, -0.2) is 63.4 Å². The smallest absolute Gasteiger partial charge is 0.224 e. The minimum absolute atomic E-state index is 0.171. The van der Waals surface area contributed by atoms with Gasteiger partial charge in [0.1, 0.15) is 0 Å². The summed E-state index contributed by atoms with van der Waals surface area (Å²) in [4.78, 5) is 14.1. The summed E-state index contributed by atoms with van der Waals surface area (Å²) in [6, 6.07) is 0. The summed E-state index contributed by atoms with van der Waals surface area (Å²) >= 11 is 0. The number of methoxy groups -OCH3 is 1. The summed E-state index contributed by atoms with van der Waals surface area (Å²) in [6.45, 7) is 8.87. The molecule has 0 unspecified atom stereocenters. The molecule has 1 saturated heterocycles. The molecule has 0 radical (unpaired) electrons. The first-order valence-electron chi connectivity index (χ1n) is 7.72. The SMILES string of the molecule is COCCN(CC(C)C)C(=O)CCOC1CCNCC1. The molecule has 0 aromatic carbocycles. The average molecular weight is 286 g/mol. The van der Waals surface area contributed by atoms with Gasteiger partial charge in [-0.1, -0.05) is 13.8 Å². The molecular formula is C15H30N2O3. The maximum absolute atomic E-state index is 12.2. The van der Waals surface area contributed by atoms with E-state index in [2.05, 4.69) is 19.2 Å². The third kappa shape index (κ3) is 7.22. The van der Waals surface area contributed by atoms with Crippen LogP contribution in [0.3, 0.4) is 0 Å². The van der Waals surface area contributed by atoms with Gasteiger partial charge in [-0.2, -0.15) is 0 Å². The van der Waals surface area contributed by atoms with Crippen LogP contribution in [0.2, 0.25) is 0 Å². The van der Waals surface area contributed by atoms with E-state index in [9.17, 15) is 4.79 Å². The molecule has 118 valence electrons. The van der Waals surface area contributed by atoms with Crippen molar-refractivity contribution in [3.63, 3.8) is 0 Å². The number of piperidine rings is 1. The van der Waals surface area contributed by atoms with Crippen LogP contribution in [0.5, 0.6) is 0 Å². The second-order valence-electron chi connectivity index (χ2n) is 5.80. The van der Waals surface area contributed by atoms with Gasteiger partial charge in [0, 0.05) is 20.2 Å². The Labute approximate surface area is 123 Å². The zero-order chi connectivity index (χ0) is 14.8. The number of carbonyl (C=O) groups is 1. The first kappa shape index (κ1) is 17.4. The van der Waals surface area contributed by atoms with Crippen LogP contribution >= 0.6 is 0 Å². The molecule has 0 aromatic heterocycles. The van der Waals surface area contributed by atoms with E-state index in [0.717, 1.165) is 32.5 Å². The summed E-state index contributed by atoms with van der Waals surface area (Å²) in [5, 5.41) is 3.31. The number of carbonyl (C=O) groups excluding carboxylic acids is 1. The third-order valence-corrected chi connectivity index (χ3v) is 3.46. The maximum Gasteiger partial charge on any atom is 0.224 e. The lowest BCUT2D eigenvalue weighted by Gasteiger charge is -2.26. The fraction of sp³-hybridized carbons (Fsp3) is 0.933. The van der Waals surface area contributed by atoms with E-state index >= 15 is 0 Å². The predicted octanol–water partition coefficient (Wildman–Crippen LogP) is 1.28. The van der Waals surface area contributed by atoms with Crippen LogP contribution in [0.15, 0.2) is 0 Å². The van der Waals surface area contributed by atoms with Crippen LogP contribution in [0, 0.1) is 5.92 Å². The van der Waals surface area contributed by atoms with Crippen molar-refractivity contribution in [1.82, 2.24) is 10.2 Å². The van der Waals surface area contributed by atoms with Crippen molar-refractivity contribution in [2.24, 2.45) is 5.92 Å². The Hall–Kier alpha value is -0.650. The van der Waals surface area contributed by atoms with Crippen molar-refractivity contribution >= 4 is 5.91 Å². The van der Waals surface area contributed by atoms with Gasteiger partial charge in [0.25, 0.3) is 0 Å². The summed E-state index contributed by atoms with van der Waals surface area (Å²) in [7, 11) is 1.66. The van der Waals surface area contributed by atoms with Crippen LogP contribution in [0.25, 0.3) is 0 Å². The van der Waals surface area contributed by atoms with Crippen molar-refractivity contribution in [3.8, 4) is 0 Å². The molecule has 1 N–H and O–H groups in total. The van der Waals surface area contributed by atoms with E-state index in [1.807, 2.05) is 4.90 Å². The van der Waals surface area contributed by atoms with Gasteiger partial charge in [-0.15, -0.1) is 0 Å². The van der Waals surface area contributed by atoms with E-state index in [0.29, 0.717) is 38.2 Å². The number of hydrogen-bond donors (Lipinski definition) is 1. The quantitative estimate of drug-likeness (QED) is 0.693. The molecule has 1 amide bonds. The Balaban J connectivity index is 2.25. The molecule has 5 heteroatoms. The molecule has 5 nitrogen and oxygen atoms in total. The number of nitrogens with zero attached hydrogens (tertiary/aromatic N) is 1. The standard InChI is InChI=1S/C15H30N2O3/c1-13(2)12-17(9-11-19-3)15(18)6-10-20-14-4-7-16-8-5-14/h13-14,16H,4-12H2,1-3H3. The Kier molecular flexibility index (Phi) is 8.82. The molecular weight excluding hydrogens is 256 g/mol. The second-order valence-corrected chi connectivity index (χ2v) is 5.80. The number of amides is 1. The van der Waals surface area contributed by atoms with Crippen molar-refractivity contribution in [3.05, 3.63) is 0 Å². The summed E-state index contributed by atoms with van der Waals surface area (Å²) in [5.41, 5.74) is 0. The maximum atomic E-state index is 12.2. The summed E-state index contributed by atoms with van der Waals surface area (Å²) < 4.78 is 10.9. The predicted molar refractivity (Wildman–Crippen MR) is 79.8 cm³/mol. The summed E-state index contributed by atoms with van der Waals surface area (Å²) in [5.74, 6) is 0.644. The molecule has 0 aliphatic carbocycles. The van der Waals surface area contributed by atoms with Gasteiger partial charge in [-0.25, -0.2) is 0 Å². The van der Waals surface area contributed by atoms with Crippen molar-refractivity contribution in [2.45, 2.75) is 39.2 Å². The van der Waals surface area contributed by atoms with Crippen LogP contribution in [0.1, 0.15) is 33.1 Å². The lowest BCUT2D eigenvalue weighted by atomic mass is 10.1. The number of ether oxygens (including phenoxy) is 2. The highest BCUT2D eigenvalue weighted by Gasteiger charge is 2.17. The Bertz CT molecular complexity index is 266. The van der Waals surface area contributed by atoms with Gasteiger partial charge >= 0.3 is 0 Å².